The van der Waals surface area contributed by atoms with Crippen molar-refractivity contribution in [3.63, 3.8) is 0 Å². The van der Waals surface area contributed by atoms with Crippen LogP contribution < -0.4 is 26.0 Å². The summed E-state index contributed by atoms with van der Waals surface area (Å²) in [6.45, 7) is 4.21. The molecule has 0 amide bonds. The van der Waals surface area contributed by atoms with Crippen molar-refractivity contribution >= 4 is 27.9 Å². The van der Waals surface area contributed by atoms with Gasteiger partial charge in [0.15, 0.2) is 0 Å². The van der Waals surface area contributed by atoms with Gasteiger partial charge in [-0.3, -0.25) is 0 Å². The maximum absolute atomic E-state index is 11.9. The van der Waals surface area contributed by atoms with E-state index in [-0.39, 0.29) is 18.2 Å². The van der Waals surface area contributed by atoms with Crippen molar-refractivity contribution in [2.75, 3.05) is 61.0 Å². The summed E-state index contributed by atoms with van der Waals surface area (Å²) in [5.41, 5.74) is 5.78. The number of hydrogen-bond donors (Lipinski definition) is 4. The standard InChI is InChI=1S/C14H26N8O2S/c15-12-19-13(17-6-9-25(23,24)18-10-11-2-3-11)21-14(20-12)22-7-1-4-16-5-8-22/h11,16,18H,1-10H2,(H3,15,17,19,20,21). The number of nitrogens with one attached hydrogen (secondary N) is 3. The van der Waals surface area contributed by atoms with Crippen LogP contribution in [0, 0.1) is 5.92 Å². The quantitative estimate of drug-likeness (QED) is 0.453. The van der Waals surface area contributed by atoms with Gasteiger partial charge in [0.1, 0.15) is 0 Å². The van der Waals surface area contributed by atoms with Gasteiger partial charge in [-0.15, -0.1) is 0 Å². The molecule has 1 aliphatic carbocycles. The molecule has 1 aromatic heterocycles. The molecule has 1 saturated carbocycles. The van der Waals surface area contributed by atoms with Crippen molar-refractivity contribution in [3.8, 4) is 0 Å². The molecule has 0 aromatic carbocycles. The predicted octanol–water partition coefficient (Wildman–Crippen LogP) is -1.01. The number of hydrogen-bond acceptors (Lipinski definition) is 9. The summed E-state index contributed by atoms with van der Waals surface area (Å²) in [7, 11) is -3.29. The van der Waals surface area contributed by atoms with E-state index < -0.39 is 10.0 Å². The normalized spacial score (nSPS) is 18.8. The van der Waals surface area contributed by atoms with E-state index in [1.165, 1.54) is 0 Å². The van der Waals surface area contributed by atoms with Gasteiger partial charge < -0.3 is 21.3 Å². The Balaban J connectivity index is 1.54. The van der Waals surface area contributed by atoms with Gasteiger partial charge in [-0.25, -0.2) is 13.1 Å². The highest BCUT2D eigenvalue weighted by atomic mass is 32.2. The Morgan fingerprint density at radius 1 is 1.20 bits per heavy atom. The molecule has 0 unspecified atom stereocenters. The molecule has 2 aliphatic rings. The average molecular weight is 370 g/mol. The molecule has 10 nitrogen and oxygen atoms in total. The molecule has 5 N–H and O–H groups in total. The van der Waals surface area contributed by atoms with Crippen LogP contribution >= 0.6 is 0 Å². The molecule has 1 saturated heterocycles. The third-order valence-corrected chi connectivity index (χ3v) is 5.55. The van der Waals surface area contributed by atoms with Gasteiger partial charge in [-0.1, -0.05) is 0 Å². The monoisotopic (exact) mass is 370 g/mol. The van der Waals surface area contributed by atoms with Crippen LogP contribution in [0.4, 0.5) is 17.8 Å². The molecule has 1 aromatic rings. The first kappa shape index (κ1) is 18.1. The fourth-order valence-corrected chi connectivity index (χ4v) is 3.59. The van der Waals surface area contributed by atoms with Crippen LogP contribution in [-0.2, 0) is 10.0 Å². The number of sulfonamides is 1. The van der Waals surface area contributed by atoms with E-state index in [1.807, 2.05) is 0 Å². The summed E-state index contributed by atoms with van der Waals surface area (Å²) in [6.07, 6.45) is 3.22. The predicted molar refractivity (Wildman–Crippen MR) is 96.9 cm³/mol. The van der Waals surface area contributed by atoms with E-state index in [4.69, 9.17) is 5.73 Å². The zero-order chi connectivity index (χ0) is 17.7. The molecule has 140 valence electrons. The lowest BCUT2D eigenvalue weighted by atomic mass is 10.4. The van der Waals surface area contributed by atoms with Gasteiger partial charge in [-0.05, 0) is 31.7 Å². The van der Waals surface area contributed by atoms with E-state index in [0.717, 1.165) is 45.4 Å². The SMILES string of the molecule is Nc1nc(NCCS(=O)(=O)NCC2CC2)nc(N2CCCNCC2)n1. The number of rotatable bonds is 8. The smallest absolute Gasteiger partial charge is 0.231 e. The highest BCUT2D eigenvalue weighted by Crippen LogP contribution is 2.27. The molecule has 25 heavy (non-hydrogen) atoms. The van der Waals surface area contributed by atoms with Gasteiger partial charge in [0.2, 0.25) is 27.9 Å². The number of aromatic nitrogens is 3. The second-order valence-electron chi connectivity index (χ2n) is 6.45. The van der Waals surface area contributed by atoms with Crippen LogP contribution in [-0.4, -0.2) is 68.4 Å². The molecule has 2 heterocycles. The van der Waals surface area contributed by atoms with Gasteiger partial charge in [0, 0.05) is 32.7 Å². The Bertz CT molecular complexity index is 671. The zero-order valence-electron chi connectivity index (χ0n) is 14.2. The third-order valence-electron chi connectivity index (χ3n) is 4.21. The van der Waals surface area contributed by atoms with E-state index in [0.29, 0.717) is 24.4 Å². The van der Waals surface area contributed by atoms with Crippen LogP contribution in [0.1, 0.15) is 19.3 Å². The minimum absolute atomic E-state index is 0.0335. The van der Waals surface area contributed by atoms with E-state index in [2.05, 4.69) is 35.2 Å². The summed E-state index contributed by atoms with van der Waals surface area (Å²) in [6, 6.07) is 0. The lowest BCUT2D eigenvalue weighted by Crippen LogP contribution is -2.32. The van der Waals surface area contributed by atoms with Crippen molar-refractivity contribution in [1.29, 1.82) is 0 Å². The topological polar surface area (TPSA) is 138 Å². The van der Waals surface area contributed by atoms with Gasteiger partial charge >= 0.3 is 0 Å². The van der Waals surface area contributed by atoms with Crippen LogP contribution in [0.15, 0.2) is 0 Å². The fraction of sp³-hybridized carbons (Fsp3) is 0.786. The maximum Gasteiger partial charge on any atom is 0.231 e. The van der Waals surface area contributed by atoms with Gasteiger partial charge in [0.25, 0.3) is 0 Å². The Morgan fingerprint density at radius 2 is 2.04 bits per heavy atom. The first-order valence-electron chi connectivity index (χ1n) is 8.70. The summed E-state index contributed by atoms with van der Waals surface area (Å²) < 4.78 is 26.5. The number of anilines is 3. The van der Waals surface area contributed by atoms with Crippen molar-refractivity contribution < 1.29 is 8.42 Å². The Hall–Kier alpha value is -1.72. The largest absolute Gasteiger partial charge is 0.368 e. The highest BCUT2D eigenvalue weighted by Gasteiger charge is 2.23. The van der Waals surface area contributed by atoms with Crippen molar-refractivity contribution in [3.05, 3.63) is 0 Å². The van der Waals surface area contributed by atoms with Crippen LogP contribution in [0.25, 0.3) is 0 Å². The second kappa shape index (κ2) is 8.11. The minimum Gasteiger partial charge on any atom is -0.368 e. The molecule has 0 spiro atoms. The number of nitrogens with two attached hydrogens (primary N) is 1. The molecule has 0 atom stereocenters. The molecule has 11 heteroatoms. The zero-order valence-corrected chi connectivity index (χ0v) is 15.1. The lowest BCUT2D eigenvalue weighted by molar-refractivity contribution is 0.578. The second-order valence-corrected chi connectivity index (χ2v) is 8.37. The summed E-state index contributed by atoms with van der Waals surface area (Å²) in [5, 5.41) is 6.25. The summed E-state index contributed by atoms with van der Waals surface area (Å²) >= 11 is 0. The van der Waals surface area contributed by atoms with E-state index in [9.17, 15) is 8.42 Å². The van der Waals surface area contributed by atoms with Gasteiger partial charge in [0.05, 0.1) is 5.75 Å². The van der Waals surface area contributed by atoms with E-state index in [1.54, 1.807) is 0 Å². The molecule has 0 bridgehead atoms. The van der Waals surface area contributed by atoms with Crippen molar-refractivity contribution in [2.45, 2.75) is 19.3 Å². The minimum atomic E-state index is -3.29. The molecule has 1 aliphatic heterocycles. The first-order valence-corrected chi connectivity index (χ1v) is 10.4. The Labute approximate surface area is 148 Å². The molecule has 2 fully saturated rings. The lowest BCUT2D eigenvalue weighted by Gasteiger charge is -2.20. The van der Waals surface area contributed by atoms with Crippen LogP contribution in [0.5, 0.6) is 0 Å². The van der Waals surface area contributed by atoms with Crippen molar-refractivity contribution in [1.82, 2.24) is 25.0 Å². The summed E-state index contributed by atoms with van der Waals surface area (Å²) in [5.74, 6) is 1.43. The Kier molecular flexibility index (Phi) is 5.86. The fourth-order valence-electron chi connectivity index (χ4n) is 2.58. The number of nitrogen functional groups attached to an aromatic ring is 1. The average Bonchev–Trinajstić information content (AvgIpc) is 3.39. The van der Waals surface area contributed by atoms with Crippen LogP contribution in [0.3, 0.4) is 0 Å². The maximum atomic E-state index is 11.9. The summed E-state index contributed by atoms with van der Waals surface area (Å²) in [4.78, 5) is 14.7. The van der Waals surface area contributed by atoms with Gasteiger partial charge in [-0.2, -0.15) is 15.0 Å². The molecular weight excluding hydrogens is 344 g/mol. The van der Waals surface area contributed by atoms with Crippen molar-refractivity contribution in [2.24, 2.45) is 5.92 Å². The molecular formula is C14H26N8O2S. The van der Waals surface area contributed by atoms with E-state index >= 15 is 0 Å². The van der Waals surface area contributed by atoms with Crippen LogP contribution in [0.2, 0.25) is 0 Å². The number of nitrogens with zero attached hydrogens (tertiary/aromatic N) is 4. The third kappa shape index (κ3) is 5.94. The Morgan fingerprint density at radius 3 is 2.84 bits per heavy atom. The molecule has 3 rings (SSSR count). The highest BCUT2D eigenvalue weighted by molar-refractivity contribution is 7.89. The first-order chi connectivity index (χ1) is 12.0. The molecule has 0 radical (unpaired) electrons.